The summed E-state index contributed by atoms with van der Waals surface area (Å²) in [5, 5.41) is 1.30. The van der Waals surface area contributed by atoms with Crippen molar-refractivity contribution in [3.63, 3.8) is 0 Å². The average molecular weight is 311 g/mol. The first-order valence-electron chi connectivity index (χ1n) is 6.18. The SMILES string of the molecule is S=c1nc(Cc2ccc(Cl)cc2Cl)[nH]c2c1CCC2. The molecule has 0 bridgehead atoms. The molecule has 0 spiro atoms. The van der Waals surface area contributed by atoms with Crippen LogP contribution in [0.3, 0.4) is 0 Å². The molecule has 1 aliphatic rings. The van der Waals surface area contributed by atoms with Crippen molar-refractivity contribution in [2.75, 3.05) is 0 Å². The van der Waals surface area contributed by atoms with Crippen LogP contribution in [0.4, 0.5) is 0 Å². The highest BCUT2D eigenvalue weighted by Crippen LogP contribution is 2.24. The van der Waals surface area contributed by atoms with Gasteiger partial charge < -0.3 is 4.98 Å². The first-order chi connectivity index (χ1) is 9.13. The third-order valence-electron chi connectivity index (χ3n) is 3.38. The molecule has 0 saturated carbocycles. The minimum absolute atomic E-state index is 0.642. The van der Waals surface area contributed by atoms with Crippen LogP contribution in [0.2, 0.25) is 10.0 Å². The monoisotopic (exact) mass is 310 g/mol. The zero-order chi connectivity index (χ0) is 13.4. The normalized spacial score (nSPS) is 13.6. The molecule has 0 fully saturated rings. The average Bonchev–Trinajstić information content (AvgIpc) is 2.81. The highest BCUT2D eigenvalue weighted by molar-refractivity contribution is 7.71. The molecule has 19 heavy (non-hydrogen) atoms. The van der Waals surface area contributed by atoms with Crippen LogP contribution in [0.15, 0.2) is 18.2 Å². The molecule has 1 aromatic carbocycles. The van der Waals surface area contributed by atoms with Gasteiger partial charge in [0, 0.05) is 27.7 Å². The molecule has 0 atom stereocenters. The Morgan fingerprint density at radius 1 is 1.26 bits per heavy atom. The Hall–Kier alpha value is -0.900. The maximum Gasteiger partial charge on any atom is 0.133 e. The summed E-state index contributed by atoms with van der Waals surface area (Å²) >= 11 is 17.4. The molecule has 0 radical (unpaired) electrons. The number of aromatic amines is 1. The number of hydrogen-bond donors (Lipinski definition) is 1. The number of hydrogen-bond acceptors (Lipinski definition) is 2. The fourth-order valence-electron chi connectivity index (χ4n) is 2.44. The quantitative estimate of drug-likeness (QED) is 0.826. The molecule has 5 heteroatoms. The first kappa shape index (κ1) is 13.1. The molecule has 1 aromatic heterocycles. The summed E-state index contributed by atoms with van der Waals surface area (Å²) in [5.41, 5.74) is 3.45. The number of aryl methyl sites for hydroxylation is 1. The van der Waals surface area contributed by atoms with E-state index in [1.807, 2.05) is 12.1 Å². The first-order valence-corrected chi connectivity index (χ1v) is 7.35. The molecular formula is C14H12Cl2N2S. The number of H-pyrrole nitrogens is 1. The Morgan fingerprint density at radius 2 is 2.11 bits per heavy atom. The number of aromatic nitrogens is 2. The lowest BCUT2D eigenvalue weighted by atomic mass is 10.1. The van der Waals surface area contributed by atoms with E-state index in [0.717, 1.165) is 35.3 Å². The number of rotatable bonds is 2. The number of fused-ring (bicyclic) bond motifs is 1. The highest BCUT2D eigenvalue weighted by Gasteiger charge is 2.15. The molecule has 3 rings (SSSR count). The molecule has 0 amide bonds. The van der Waals surface area contributed by atoms with Crippen molar-refractivity contribution in [1.29, 1.82) is 0 Å². The molecule has 0 unspecified atom stereocenters. The Kier molecular flexibility index (Phi) is 3.61. The van der Waals surface area contributed by atoms with Gasteiger partial charge in [-0.2, -0.15) is 0 Å². The maximum atomic E-state index is 6.18. The summed E-state index contributed by atoms with van der Waals surface area (Å²) in [6.07, 6.45) is 3.90. The van der Waals surface area contributed by atoms with Gasteiger partial charge in [-0.15, -0.1) is 0 Å². The largest absolute Gasteiger partial charge is 0.347 e. The van der Waals surface area contributed by atoms with E-state index in [-0.39, 0.29) is 0 Å². The number of benzene rings is 1. The van der Waals surface area contributed by atoms with Gasteiger partial charge in [0.1, 0.15) is 10.5 Å². The van der Waals surface area contributed by atoms with Gasteiger partial charge in [0.25, 0.3) is 0 Å². The van der Waals surface area contributed by atoms with Gasteiger partial charge in [-0.1, -0.05) is 41.5 Å². The summed E-state index contributed by atoms with van der Waals surface area (Å²) in [6.45, 7) is 0. The number of nitrogens with one attached hydrogen (secondary N) is 1. The van der Waals surface area contributed by atoms with Crippen LogP contribution in [-0.2, 0) is 19.3 Å². The lowest BCUT2D eigenvalue weighted by Crippen LogP contribution is -2.02. The smallest absolute Gasteiger partial charge is 0.133 e. The summed E-state index contributed by atoms with van der Waals surface area (Å²) < 4.78 is 0.728. The molecule has 1 aliphatic carbocycles. The Bertz CT molecular complexity index is 694. The second-order valence-electron chi connectivity index (χ2n) is 4.71. The van der Waals surface area contributed by atoms with Crippen molar-refractivity contribution in [3.8, 4) is 0 Å². The predicted octanol–water partition coefficient (Wildman–Crippen LogP) is 4.53. The standard InChI is InChI=1S/C14H12Cl2N2S/c15-9-5-4-8(11(16)7-9)6-13-17-12-3-1-2-10(12)14(19)18-13/h4-5,7H,1-3,6H2,(H,17,18,19). The van der Waals surface area contributed by atoms with Crippen molar-refractivity contribution in [3.05, 3.63) is 55.5 Å². The van der Waals surface area contributed by atoms with Gasteiger partial charge in [0.15, 0.2) is 0 Å². The number of nitrogens with zero attached hydrogens (tertiary/aromatic N) is 1. The van der Waals surface area contributed by atoms with Crippen molar-refractivity contribution in [2.24, 2.45) is 0 Å². The van der Waals surface area contributed by atoms with E-state index in [4.69, 9.17) is 35.4 Å². The fraction of sp³-hybridized carbons (Fsp3) is 0.286. The van der Waals surface area contributed by atoms with Crippen LogP contribution in [-0.4, -0.2) is 9.97 Å². The zero-order valence-electron chi connectivity index (χ0n) is 10.2. The van der Waals surface area contributed by atoms with Crippen LogP contribution in [0, 0.1) is 4.64 Å². The van der Waals surface area contributed by atoms with E-state index in [1.165, 1.54) is 11.3 Å². The molecule has 0 aliphatic heterocycles. The van der Waals surface area contributed by atoms with Gasteiger partial charge in [-0.05, 0) is 37.0 Å². The molecular weight excluding hydrogens is 299 g/mol. The lowest BCUT2D eigenvalue weighted by molar-refractivity contribution is 0.885. The van der Waals surface area contributed by atoms with E-state index >= 15 is 0 Å². The molecule has 2 nitrogen and oxygen atoms in total. The second-order valence-corrected chi connectivity index (χ2v) is 5.94. The van der Waals surface area contributed by atoms with Crippen LogP contribution in [0.25, 0.3) is 0 Å². The minimum Gasteiger partial charge on any atom is -0.347 e. The predicted molar refractivity (Wildman–Crippen MR) is 80.7 cm³/mol. The fourth-order valence-corrected chi connectivity index (χ4v) is 3.25. The number of halogens is 2. The molecule has 0 saturated heterocycles. The van der Waals surface area contributed by atoms with Crippen molar-refractivity contribution in [2.45, 2.75) is 25.7 Å². The molecule has 98 valence electrons. The summed E-state index contributed by atoms with van der Waals surface area (Å²) in [5.74, 6) is 0.870. The second kappa shape index (κ2) is 5.23. The van der Waals surface area contributed by atoms with E-state index in [1.54, 1.807) is 6.07 Å². The topological polar surface area (TPSA) is 28.7 Å². The van der Waals surface area contributed by atoms with Crippen molar-refractivity contribution >= 4 is 35.4 Å². The lowest BCUT2D eigenvalue weighted by Gasteiger charge is -2.07. The Balaban J connectivity index is 1.96. The van der Waals surface area contributed by atoms with Gasteiger partial charge in [0.05, 0.1) is 0 Å². The minimum atomic E-state index is 0.642. The highest BCUT2D eigenvalue weighted by atomic mass is 35.5. The van der Waals surface area contributed by atoms with E-state index in [0.29, 0.717) is 16.5 Å². The van der Waals surface area contributed by atoms with Gasteiger partial charge in [-0.3, -0.25) is 0 Å². The third kappa shape index (κ3) is 2.69. The van der Waals surface area contributed by atoms with Crippen molar-refractivity contribution < 1.29 is 0 Å². The van der Waals surface area contributed by atoms with Crippen LogP contribution < -0.4 is 0 Å². The van der Waals surface area contributed by atoms with Crippen LogP contribution in [0.1, 0.15) is 29.1 Å². The molecule has 1 heterocycles. The van der Waals surface area contributed by atoms with Crippen molar-refractivity contribution in [1.82, 2.24) is 9.97 Å². The van der Waals surface area contributed by atoms with E-state index in [9.17, 15) is 0 Å². The van der Waals surface area contributed by atoms with Crippen LogP contribution in [0.5, 0.6) is 0 Å². The Labute approximate surface area is 126 Å². The summed E-state index contributed by atoms with van der Waals surface area (Å²) in [6, 6.07) is 5.52. The van der Waals surface area contributed by atoms with E-state index < -0.39 is 0 Å². The molecule has 1 N–H and O–H groups in total. The summed E-state index contributed by atoms with van der Waals surface area (Å²) in [7, 11) is 0. The maximum absolute atomic E-state index is 6.18. The zero-order valence-corrected chi connectivity index (χ0v) is 12.5. The van der Waals surface area contributed by atoms with E-state index in [2.05, 4.69) is 9.97 Å². The Morgan fingerprint density at radius 3 is 2.89 bits per heavy atom. The molecule has 2 aromatic rings. The van der Waals surface area contributed by atoms with Crippen LogP contribution >= 0.6 is 35.4 Å². The van der Waals surface area contributed by atoms with Gasteiger partial charge in [-0.25, -0.2) is 4.98 Å². The third-order valence-corrected chi connectivity index (χ3v) is 4.31. The van der Waals surface area contributed by atoms with Gasteiger partial charge in [0.2, 0.25) is 0 Å². The summed E-state index contributed by atoms with van der Waals surface area (Å²) in [4.78, 5) is 7.86. The van der Waals surface area contributed by atoms with Gasteiger partial charge >= 0.3 is 0 Å².